The molecule has 1 heterocycles. The first-order chi connectivity index (χ1) is 7.25. The predicted molar refractivity (Wildman–Crippen MR) is 59.4 cm³/mol. The van der Waals surface area contributed by atoms with Crippen molar-refractivity contribution in [3.63, 3.8) is 0 Å². The lowest BCUT2D eigenvalue weighted by Gasteiger charge is -2.22. The number of nitrogens with zero attached hydrogens (tertiary/aromatic N) is 1. The largest absolute Gasteiger partial charge is 0.472 e. The fourth-order valence-corrected chi connectivity index (χ4v) is 2.13. The molecule has 0 amide bonds. The molecule has 2 rings (SSSR count). The minimum absolute atomic E-state index is 0.130. The highest BCUT2D eigenvalue weighted by atomic mass is 79.9. The van der Waals surface area contributed by atoms with Crippen molar-refractivity contribution in [1.82, 2.24) is 4.98 Å². The lowest BCUT2D eigenvalue weighted by atomic mass is 9.98. The third-order valence-corrected chi connectivity index (χ3v) is 3.04. The van der Waals surface area contributed by atoms with Crippen molar-refractivity contribution in [2.24, 2.45) is 0 Å². The van der Waals surface area contributed by atoms with Crippen LogP contribution >= 0.6 is 15.9 Å². The fourth-order valence-electron chi connectivity index (χ4n) is 1.83. The number of halogens is 2. The first kappa shape index (κ1) is 10.9. The van der Waals surface area contributed by atoms with E-state index in [0.717, 1.165) is 12.8 Å². The number of hydrogen-bond donors (Lipinski definition) is 0. The third kappa shape index (κ3) is 2.91. The van der Waals surface area contributed by atoms with Crippen LogP contribution in [0.15, 0.2) is 16.7 Å². The van der Waals surface area contributed by atoms with E-state index in [1.54, 1.807) is 6.20 Å². The quantitative estimate of drug-likeness (QED) is 0.820. The molecular weight excluding hydrogens is 261 g/mol. The Morgan fingerprint density at radius 2 is 2.07 bits per heavy atom. The lowest BCUT2D eigenvalue weighted by Crippen LogP contribution is -2.20. The van der Waals surface area contributed by atoms with Gasteiger partial charge in [-0.05, 0) is 47.7 Å². The summed E-state index contributed by atoms with van der Waals surface area (Å²) in [6.45, 7) is 0. The molecule has 0 N–H and O–H groups in total. The Morgan fingerprint density at radius 1 is 1.33 bits per heavy atom. The molecule has 1 saturated carbocycles. The van der Waals surface area contributed by atoms with E-state index in [1.165, 1.54) is 25.3 Å². The van der Waals surface area contributed by atoms with Crippen LogP contribution in [0.25, 0.3) is 0 Å². The summed E-state index contributed by atoms with van der Waals surface area (Å²) in [7, 11) is 0. The number of aromatic nitrogens is 1. The summed E-state index contributed by atoms with van der Waals surface area (Å²) < 4.78 is 19.6. The summed E-state index contributed by atoms with van der Waals surface area (Å²) in [5, 5.41) is 0. The second kappa shape index (κ2) is 4.92. The Labute approximate surface area is 97.0 Å². The van der Waals surface area contributed by atoms with Crippen LogP contribution in [-0.2, 0) is 0 Å². The standard InChI is InChI=1S/C11H13BrFNO/c12-8-6-10(13)11(14-7-8)15-9-4-2-1-3-5-9/h6-7,9H,1-5H2. The van der Waals surface area contributed by atoms with E-state index in [0.29, 0.717) is 4.47 Å². The average Bonchev–Trinajstić information content (AvgIpc) is 2.24. The first-order valence-electron chi connectivity index (χ1n) is 5.23. The Hall–Kier alpha value is -0.640. The minimum Gasteiger partial charge on any atom is -0.472 e. The number of ether oxygens (including phenoxy) is 1. The summed E-state index contributed by atoms with van der Waals surface area (Å²) in [5.41, 5.74) is 0. The molecule has 0 aliphatic heterocycles. The van der Waals surface area contributed by atoms with Gasteiger partial charge in [-0.15, -0.1) is 0 Å². The van der Waals surface area contributed by atoms with E-state index < -0.39 is 5.82 Å². The second-order valence-electron chi connectivity index (χ2n) is 3.82. The van der Waals surface area contributed by atoms with E-state index in [2.05, 4.69) is 20.9 Å². The van der Waals surface area contributed by atoms with Crippen LogP contribution in [0.1, 0.15) is 32.1 Å². The van der Waals surface area contributed by atoms with Crippen molar-refractivity contribution in [3.8, 4) is 5.88 Å². The molecule has 15 heavy (non-hydrogen) atoms. The van der Waals surface area contributed by atoms with Gasteiger partial charge in [0, 0.05) is 10.7 Å². The zero-order valence-corrected chi connectivity index (χ0v) is 9.96. The summed E-state index contributed by atoms with van der Waals surface area (Å²) in [6, 6.07) is 1.38. The number of rotatable bonds is 2. The van der Waals surface area contributed by atoms with Crippen LogP contribution in [0, 0.1) is 5.82 Å². The maximum Gasteiger partial charge on any atom is 0.250 e. The number of pyridine rings is 1. The Bertz CT molecular complexity index is 339. The maximum atomic E-state index is 13.4. The molecule has 0 unspecified atom stereocenters. The second-order valence-corrected chi connectivity index (χ2v) is 4.73. The van der Waals surface area contributed by atoms with Gasteiger partial charge in [0.1, 0.15) is 6.10 Å². The van der Waals surface area contributed by atoms with Crippen molar-refractivity contribution in [1.29, 1.82) is 0 Å². The van der Waals surface area contributed by atoms with Crippen LogP contribution < -0.4 is 4.74 Å². The van der Waals surface area contributed by atoms with Gasteiger partial charge in [0.15, 0.2) is 5.82 Å². The van der Waals surface area contributed by atoms with Crippen LogP contribution in [0.3, 0.4) is 0 Å². The SMILES string of the molecule is Fc1cc(Br)cnc1OC1CCCCC1. The van der Waals surface area contributed by atoms with Crippen molar-refractivity contribution in [3.05, 3.63) is 22.6 Å². The molecule has 82 valence electrons. The molecule has 4 heteroatoms. The average molecular weight is 274 g/mol. The maximum absolute atomic E-state index is 13.4. The summed E-state index contributed by atoms with van der Waals surface area (Å²) in [6.07, 6.45) is 7.32. The van der Waals surface area contributed by atoms with Crippen LogP contribution in [0.2, 0.25) is 0 Å². The Morgan fingerprint density at radius 3 is 2.73 bits per heavy atom. The molecule has 0 spiro atoms. The van der Waals surface area contributed by atoms with Crippen molar-refractivity contribution in [2.45, 2.75) is 38.2 Å². The molecule has 0 aromatic carbocycles. The molecule has 1 aromatic rings. The van der Waals surface area contributed by atoms with Gasteiger partial charge in [-0.25, -0.2) is 9.37 Å². The Balaban J connectivity index is 2.03. The monoisotopic (exact) mass is 273 g/mol. The van der Waals surface area contributed by atoms with Crippen LogP contribution in [0.4, 0.5) is 4.39 Å². The van der Waals surface area contributed by atoms with Gasteiger partial charge >= 0.3 is 0 Å². The highest BCUT2D eigenvalue weighted by molar-refractivity contribution is 9.10. The van der Waals surface area contributed by atoms with E-state index in [-0.39, 0.29) is 12.0 Å². The van der Waals surface area contributed by atoms with E-state index in [9.17, 15) is 4.39 Å². The number of hydrogen-bond acceptors (Lipinski definition) is 2. The van der Waals surface area contributed by atoms with E-state index in [4.69, 9.17) is 4.74 Å². The molecule has 0 bridgehead atoms. The zero-order valence-electron chi connectivity index (χ0n) is 8.38. The summed E-state index contributed by atoms with van der Waals surface area (Å²) >= 11 is 3.16. The van der Waals surface area contributed by atoms with Gasteiger partial charge in [0.2, 0.25) is 0 Å². The molecule has 0 atom stereocenters. The van der Waals surface area contributed by atoms with Gasteiger partial charge < -0.3 is 4.74 Å². The van der Waals surface area contributed by atoms with Gasteiger partial charge in [0.05, 0.1) is 0 Å². The molecule has 1 aromatic heterocycles. The Kier molecular flexibility index (Phi) is 3.57. The van der Waals surface area contributed by atoms with Gasteiger partial charge in [-0.3, -0.25) is 0 Å². The summed E-state index contributed by atoms with van der Waals surface area (Å²) in [4.78, 5) is 3.93. The molecule has 0 saturated heterocycles. The minimum atomic E-state index is -0.394. The summed E-state index contributed by atoms with van der Waals surface area (Å²) in [5.74, 6) is -0.264. The smallest absolute Gasteiger partial charge is 0.250 e. The molecular formula is C11H13BrFNO. The molecule has 1 fully saturated rings. The molecule has 1 aliphatic rings. The van der Waals surface area contributed by atoms with Crippen molar-refractivity contribution >= 4 is 15.9 Å². The molecule has 2 nitrogen and oxygen atoms in total. The zero-order chi connectivity index (χ0) is 10.7. The highest BCUT2D eigenvalue weighted by Crippen LogP contribution is 2.24. The van der Waals surface area contributed by atoms with Crippen molar-refractivity contribution < 1.29 is 9.13 Å². The van der Waals surface area contributed by atoms with Crippen LogP contribution in [-0.4, -0.2) is 11.1 Å². The first-order valence-corrected chi connectivity index (χ1v) is 6.03. The highest BCUT2D eigenvalue weighted by Gasteiger charge is 2.17. The van der Waals surface area contributed by atoms with Gasteiger partial charge in [-0.1, -0.05) is 6.42 Å². The van der Waals surface area contributed by atoms with Gasteiger partial charge in [0.25, 0.3) is 5.88 Å². The molecule has 1 aliphatic carbocycles. The fraction of sp³-hybridized carbons (Fsp3) is 0.545. The third-order valence-electron chi connectivity index (χ3n) is 2.60. The lowest BCUT2D eigenvalue weighted by molar-refractivity contribution is 0.142. The molecule has 0 radical (unpaired) electrons. The van der Waals surface area contributed by atoms with Crippen LogP contribution in [0.5, 0.6) is 5.88 Å². The normalized spacial score (nSPS) is 17.7. The van der Waals surface area contributed by atoms with E-state index in [1.807, 2.05) is 0 Å². The van der Waals surface area contributed by atoms with Crippen molar-refractivity contribution in [2.75, 3.05) is 0 Å². The topological polar surface area (TPSA) is 22.1 Å². The predicted octanol–water partition coefficient (Wildman–Crippen LogP) is 3.69. The van der Waals surface area contributed by atoms with Gasteiger partial charge in [-0.2, -0.15) is 0 Å². The van der Waals surface area contributed by atoms with E-state index >= 15 is 0 Å².